The van der Waals surface area contributed by atoms with E-state index in [0.717, 1.165) is 6.54 Å². The Bertz CT molecular complexity index is 359. The van der Waals surface area contributed by atoms with E-state index in [0.29, 0.717) is 15.6 Å². The molecule has 0 bridgehead atoms. The zero-order valence-electron chi connectivity index (χ0n) is 8.82. The Labute approximate surface area is 101 Å². The lowest BCUT2D eigenvalue weighted by atomic mass is 9.78. The Balaban J connectivity index is 1.96. The van der Waals surface area contributed by atoms with Crippen LogP contribution in [0.5, 0.6) is 0 Å². The Morgan fingerprint density at radius 3 is 2.53 bits per heavy atom. The third kappa shape index (κ3) is 2.66. The average molecular weight is 244 g/mol. The van der Waals surface area contributed by atoms with E-state index in [1.807, 2.05) is 18.2 Å². The molecule has 1 aliphatic carbocycles. The molecule has 1 fully saturated rings. The van der Waals surface area contributed by atoms with Gasteiger partial charge in [-0.25, -0.2) is 0 Å². The normalized spacial score (nSPS) is 18.6. The van der Waals surface area contributed by atoms with Crippen molar-refractivity contribution in [3.63, 3.8) is 0 Å². The first-order valence-corrected chi connectivity index (χ1v) is 6.04. The number of rotatable bonds is 3. The summed E-state index contributed by atoms with van der Waals surface area (Å²) in [7, 11) is 0. The van der Waals surface area contributed by atoms with Crippen LogP contribution < -0.4 is 5.32 Å². The molecule has 2 rings (SSSR count). The van der Waals surface area contributed by atoms with Gasteiger partial charge in [-0.3, -0.25) is 0 Å². The third-order valence-corrected chi connectivity index (χ3v) is 3.90. The van der Waals surface area contributed by atoms with E-state index in [4.69, 9.17) is 23.2 Å². The van der Waals surface area contributed by atoms with Gasteiger partial charge in [0.1, 0.15) is 0 Å². The summed E-state index contributed by atoms with van der Waals surface area (Å²) in [6, 6.07) is 5.80. The largest absolute Gasteiger partial charge is 0.307 e. The van der Waals surface area contributed by atoms with E-state index in [9.17, 15) is 0 Å². The molecule has 1 saturated carbocycles. The van der Waals surface area contributed by atoms with Crippen molar-refractivity contribution in [3.8, 4) is 0 Å². The van der Waals surface area contributed by atoms with Gasteiger partial charge < -0.3 is 5.32 Å². The molecule has 0 aliphatic heterocycles. The van der Waals surface area contributed by atoms with Crippen molar-refractivity contribution in [1.82, 2.24) is 5.32 Å². The minimum Gasteiger partial charge on any atom is -0.307 e. The maximum atomic E-state index is 5.95. The van der Waals surface area contributed by atoms with Crippen LogP contribution in [0, 0.1) is 0 Å². The maximum Gasteiger partial charge on any atom is 0.0595 e. The Hall–Kier alpha value is -0.240. The molecule has 1 N–H and O–H groups in total. The van der Waals surface area contributed by atoms with Gasteiger partial charge in [0.2, 0.25) is 0 Å². The first-order chi connectivity index (χ1) is 7.09. The summed E-state index contributed by atoms with van der Waals surface area (Å²) >= 11 is 11.8. The zero-order chi connectivity index (χ0) is 10.9. The van der Waals surface area contributed by atoms with Crippen LogP contribution in [0.3, 0.4) is 0 Å². The van der Waals surface area contributed by atoms with E-state index < -0.39 is 0 Å². The summed E-state index contributed by atoms with van der Waals surface area (Å²) in [5.74, 6) is 0. The molecular weight excluding hydrogens is 229 g/mol. The monoisotopic (exact) mass is 243 g/mol. The second-order valence-corrected chi connectivity index (χ2v) is 5.33. The minimum absolute atomic E-state index is 0.339. The second-order valence-electron chi connectivity index (χ2n) is 4.52. The Kier molecular flexibility index (Phi) is 3.24. The predicted molar refractivity (Wildman–Crippen MR) is 65.6 cm³/mol. The maximum absolute atomic E-state index is 5.95. The molecule has 1 aromatic rings. The van der Waals surface area contributed by atoms with Crippen molar-refractivity contribution in [1.29, 1.82) is 0 Å². The van der Waals surface area contributed by atoms with Crippen LogP contribution in [0.2, 0.25) is 10.0 Å². The molecule has 0 spiro atoms. The van der Waals surface area contributed by atoms with Crippen molar-refractivity contribution < 1.29 is 0 Å². The first kappa shape index (κ1) is 11.3. The summed E-state index contributed by atoms with van der Waals surface area (Å²) < 4.78 is 0. The smallest absolute Gasteiger partial charge is 0.0595 e. The van der Waals surface area contributed by atoms with Crippen molar-refractivity contribution in [2.24, 2.45) is 0 Å². The minimum atomic E-state index is 0.339. The quantitative estimate of drug-likeness (QED) is 0.846. The van der Waals surface area contributed by atoms with Crippen LogP contribution in [0.4, 0.5) is 0 Å². The summed E-state index contributed by atoms with van der Waals surface area (Å²) in [5, 5.41) is 4.81. The van der Waals surface area contributed by atoms with Crippen LogP contribution >= 0.6 is 23.2 Å². The highest BCUT2D eigenvalue weighted by Gasteiger charge is 2.30. The van der Waals surface area contributed by atoms with E-state index in [2.05, 4.69) is 12.2 Å². The SMILES string of the molecule is CC1(NCc2ccc(Cl)c(Cl)c2)CCC1. The lowest BCUT2D eigenvalue weighted by Gasteiger charge is -2.39. The molecule has 0 radical (unpaired) electrons. The van der Waals surface area contributed by atoms with Gasteiger partial charge in [-0.15, -0.1) is 0 Å². The van der Waals surface area contributed by atoms with Crippen LogP contribution in [0.15, 0.2) is 18.2 Å². The molecule has 0 atom stereocenters. The molecule has 0 amide bonds. The summed E-state index contributed by atoms with van der Waals surface area (Å²) in [6.07, 6.45) is 3.88. The van der Waals surface area contributed by atoms with E-state index >= 15 is 0 Å². The molecule has 0 heterocycles. The first-order valence-electron chi connectivity index (χ1n) is 5.28. The fourth-order valence-corrected chi connectivity index (χ4v) is 2.17. The van der Waals surface area contributed by atoms with Gasteiger partial charge in [0, 0.05) is 12.1 Å². The number of halogens is 2. The van der Waals surface area contributed by atoms with Crippen molar-refractivity contribution in [2.45, 2.75) is 38.3 Å². The van der Waals surface area contributed by atoms with Crippen LogP contribution in [0.1, 0.15) is 31.7 Å². The van der Waals surface area contributed by atoms with Crippen molar-refractivity contribution >= 4 is 23.2 Å². The van der Waals surface area contributed by atoms with Crippen LogP contribution in [-0.2, 0) is 6.54 Å². The van der Waals surface area contributed by atoms with Gasteiger partial charge in [0.05, 0.1) is 10.0 Å². The molecule has 1 aromatic carbocycles. The molecule has 1 aliphatic rings. The summed E-state index contributed by atoms with van der Waals surface area (Å²) in [5.41, 5.74) is 1.53. The van der Waals surface area contributed by atoms with Gasteiger partial charge in [-0.2, -0.15) is 0 Å². The van der Waals surface area contributed by atoms with E-state index in [1.54, 1.807) is 0 Å². The lowest BCUT2D eigenvalue weighted by Crippen LogP contribution is -2.47. The van der Waals surface area contributed by atoms with Gasteiger partial charge >= 0.3 is 0 Å². The molecule has 15 heavy (non-hydrogen) atoms. The fourth-order valence-electron chi connectivity index (χ4n) is 1.85. The molecule has 0 unspecified atom stereocenters. The number of hydrogen-bond donors (Lipinski definition) is 1. The van der Waals surface area contributed by atoms with E-state index in [1.165, 1.54) is 24.8 Å². The molecule has 82 valence electrons. The van der Waals surface area contributed by atoms with E-state index in [-0.39, 0.29) is 0 Å². The van der Waals surface area contributed by atoms with Gasteiger partial charge in [-0.05, 0) is 43.9 Å². The lowest BCUT2D eigenvalue weighted by molar-refractivity contribution is 0.207. The molecule has 0 saturated heterocycles. The number of nitrogens with one attached hydrogen (secondary N) is 1. The molecular formula is C12H15Cl2N. The van der Waals surface area contributed by atoms with Crippen molar-refractivity contribution in [3.05, 3.63) is 33.8 Å². The Morgan fingerprint density at radius 1 is 1.27 bits per heavy atom. The second kappa shape index (κ2) is 4.32. The third-order valence-electron chi connectivity index (χ3n) is 3.16. The molecule has 0 aromatic heterocycles. The zero-order valence-corrected chi connectivity index (χ0v) is 10.3. The number of hydrogen-bond acceptors (Lipinski definition) is 1. The summed E-state index contributed by atoms with van der Waals surface area (Å²) in [6.45, 7) is 3.14. The molecule has 3 heteroatoms. The van der Waals surface area contributed by atoms with Gasteiger partial charge in [0.15, 0.2) is 0 Å². The van der Waals surface area contributed by atoms with Gasteiger partial charge in [0.25, 0.3) is 0 Å². The topological polar surface area (TPSA) is 12.0 Å². The predicted octanol–water partition coefficient (Wildman–Crippen LogP) is 4.03. The van der Waals surface area contributed by atoms with Crippen LogP contribution in [-0.4, -0.2) is 5.54 Å². The standard InChI is InChI=1S/C12H15Cl2N/c1-12(5-2-6-12)15-8-9-3-4-10(13)11(14)7-9/h3-4,7,15H,2,5-6,8H2,1H3. The average Bonchev–Trinajstić information content (AvgIpc) is 2.17. The van der Waals surface area contributed by atoms with Gasteiger partial charge in [-0.1, -0.05) is 29.3 Å². The fraction of sp³-hybridized carbons (Fsp3) is 0.500. The van der Waals surface area contributed by atoms with Crippen LogP contribution in [0.25, 0.3) is 0 Å². The Morgan fingerprint density at radius 2 is 2.00 bits per heavy atom. The van der Waals surface area contributed by atoms with Crippen molar-refractivity contribution in [2.75, 3.05) is 0 Å². The number of benzene rings is 1. The molecule has 1 nitrogen and oxygen atoms in total. The highest BCUT2D eigenvalue weighted by molar-refractivity contribution is 6.42. The summed E-state index contributed by atoms with van der Waals surface area (Å²) in [4.78, 5) is 0. The highest BCUT2D eigenvalue weighted by atomic mass is 35.5. The highest BCUT2D eigenvalue weighted by Crippen LogP contribution is 2.31.